The Kier molecular flexibility index (Phi) is 2.49. The normalized spacial score (nSPS) is 11.7. The van der Waals surface area contributed by atoms with Crippen LogP contribution in [0.15, 0.2) is 29.6 Å². The maximum absolute atomic E-state index is 8.08. The van der Waals surface area contributed by atoms with Crippen LogP contribution in [0.4, 0.5) is 0 Å². The van der Waals surface area contributed by atoms with E-state index >= 15 is 0 Å². The van der Waals surface area contributed by atoms with Crippen molar-refractivity contribution in [2.75, 3.05) is 0 Å². The summed E-state index contributed by atoms with van der Waals surface area (Å²) in [5.41, 5.74) is 1.07. The number of nitrogens with zero attached hydrogens (tertiary/aromatic N) is 2. The Hall–Kier alpha value is -1.51. The molecule has 58 valence electrons. The highest BCUT2D eigenvalue weighted by molar-refractivity contribution is 5.77. The number of oxime groups is 1. The summed E-state index contributed by atoms with van der Waals surface area (Å²) in [6, 6.07) is 3.93. The van der Waals surface area contributed by atoms with E-state index in [0.29, 0.717) is 0 Å². The third kappa shape index (κ3) is 1.97. The minimum absolute atomic E-state index is 1.07. The molecule has 0 saturated carbocycles. The summed E-state index contributed by atoms with van der Waals surface area (Å²) in [5.74, 6) is 0. The summed E-state index contributed by atoms with van der Waals surface area (Å²) in [4.78, 5) is 0. The van der Waals surface area contributed by atoms with Crippen LogP contribution in [-0.2, 0) is 7.05 Å². The molecule has 1 heterocycles. The molecular weight excluding hydrogens is 140 g/mol. The molecule has 1 aromatic rings. The van der Waals surface area contributed by atoms with Crippen molar-refractivity contribution >= 4 is 12.3 Å². The van der Waals surface area contributed by atoms with Gasteiger partial charge in [-0.25, -0.2) is 0 Å². The van der Waals surface area contributed by atoms with E-state index in [1.54, 1.807) is 6.08 Å². The average molecular weight is 150 g/mol. The highest BCUT2D eigenvalue weighted by atomic mass is 16.4. The molecule has 0 unspecified atom stereocenters. The summed E-state index contributed by atoms with van der Waals surface area (Å²) in [7, 11) is 1.95. The Morgan fingerprint density at radius 3 is 3.00 bits per heavy atom. The van der Waals surface area contributed by atoms with Crippen molar-refractivity contribution in [2.45, 2.75) is 0 Å². The summed E-state index contributed by atoms with van der Waals surface area (Å²) in [6.07, 6.45) is 6.82. The molecule has 0 aliphatic heterocycles. The van der Waals surface area contributed by atoms with Crippen molar-refractivity contribution in [3.8, 4) is 0 Å². The maximum Gasteiger partial charge on any atom is 0.0662 e. The molecule has 1 aromatic heterocycles. The summed E-state index contributed by atoms with van der Waals surface area (Å²) >= 11 is 0. The molecule has 1 N–H and O–H groups in total. The number of hydrogen-bond donors (Lipinski definition) is 1. The second-order valence-electron chi connectivity index (χ2n) is 2.17. The predicted molar refractivity (Wildman–Crippen MR) is 44.7 cm³/mol. The monoisotopic (exact) mass is 150 g/mol. The standard InChI is InChI=1S/C8H10N2O/c1-10-7-3-5-8(10)4-2-6-9-11/h2-7,11H,1H3/b4-2+,9-6+. The van der Waals surface area contributed by atoms with E-state index < -0.39 is 0 Å². The smallest absolute Gasteiger partial charge is 0.0662 e. The lowest BCUT2D eigenvalue weighted by molar-refractivity contribution is 0.322. The van der Waals surface area contributed by atoms with Gasteiger partial charge in [0.25, 0.3) is 0 Å². The summed E-state index contributed by atoms with van der Waals surface area (Å²) in [5, 5.41) is 10.9. The van der Waals surface area contributed by atoms with Crippen LogP contribution in [0.2, 0.25) is 0 Å². The van der Waals surface area contributed by atoms with Gasteiger partial charge in [-0.3, -0.25) is 0 Å². The zero-order valence-electron chi connectivity index (χ0n) is 6.31. The third-order valence-electron chi connectivity index (χ3n) is 1.40. The van der Waals surface area contributed by atoms with Gasteiger partial charge in [0.1, 0.15) is 0 Å². The molecule has 0 spiro atoms. The van der Waals surface area contributed by atoms with Gasteiger partial charge in [-0.15, -0.1) is 0 Å². The highest BCUT2D eigenvalue weighted by Gasteiger charge is 1.87. The lowest BCUT2D eigenvalue weighted by Crippen LogP contribution is -1.86. The number of allylic oxidation sites excluding steroid dienone is 1. The van der Waals surface area contributed by atoms with Gasteiger partial charge in [0.15, 0.2) is 0 Å². The molecular formula is C8H10N2O. The lowest BCUT2D eigenvalue weighted by atomic mass is 10.4. The number of rotatable bonds is 2. The molecule has 0 amide bonds. The van der Waals surface area contributed by atoms with E-state index in [2.05, 4.69) is 5.16 Å². The van der Waals surface area contributed by atoms with Crippen LogP contribution in [-0.4, -0.2) is 16.0 Å². The van der Waals surface area contributed by atoms with Crippen molar-refractivity contribution in [1.82, 2.24) is 4.57 Å². The largest absolute Gasteiger partial charge is 0.411 e. The lowest BCUT2D eigenvalue weighted by Gasteiger charge is -1.92. The highest BCUT2D eigenvalue weighted by Crippen LogP contribution is 2.00. The first-order valence-corrected chi connectivity index (χ1v) is 3.30. The van der Waals surface area contributed by atoms with E-state index in [4.69, 9.17) is 5.21 Å². The van der Waals surface area contributed by atoms with Crippen molar-refractivity contribution in [3.63, 3.8) is 0 Å². The van der Waals surface area contributed by atoms with Crippen molar-refractivity contribution in [2.24, 2.45) is 12.2 Å². The molecule has 0 saturated heterocycles. The number of hydrogen-bond acceptors (Lipinski definition) is 2. The Bertz CT molecular complexity index is 273. The van der Waals surface area contributed by atoms with Gasteiger partial charge in [-0.2, -0.15) is 0 Å². The zero-order valence-corrected chi connectivity index (χ0v) is 6.31. The molecule has 3 nitrogen and oxygen atoms in total. The number of aryl methyl sites for hydroxylation is 1. The van der Waals surface area contributed by atoms with Crippen LogP contribution < -0.4 is 0 Å². The quantitative estimate of drug-likeness (QED) is 0.387. The Morgan fingerprint density at radius 2 is 2.45 bits per heavy atom. The number of aromatic nitrogens is 1. The zero-order chi connectivity index (χ0) is 8.10. The average Bonchev–Trinajstić information content (AvgIpc) is 2.37. The SMILES string of the molecule is Cn1cccc1/C=C/C=N/O. The Morgan fingerprint density at radius 1 is 1.64 bits per heavy atom. The van der Waals surface area contributed by atoms with E-state index in [0.717, 1.165) is 5.69 Å². The van der Waals surface area contributed by atoms with E-state index in [1.165, 1.54) is 6.21 Å². The molecule has 0 aliphatic carbocycles. The van der Waals surface area contributed by atoms with E-state index in [1.807, 2.05) is 36.0 Å². The van der Waals surface area contributed by atoms with Gasteiger partial charge in [-0.1, -0.05) is 5.16 Å². The van der Waals surface area contributed by atoms with Crippen LogP contribution in [0.5, 0.6) is 0 Å². The predicted octanol–water partition coefficient (Wildman–Crippen LogP) is 1.50. The minimum atomic E-state index is 1.07. The molecule has 0 aromatic carbocycles. The Balaban J connectivity index is 2.71. The summed E-state index contributed by atoms with van der Waals surface area (Å²) in [6.45, 7) is 0. The van der Waals surface area contributed by atoms with Gasteiger partial charge in [0, 0.05) is 18.9 Å². The van der Waals surface area contributed by atoms with Gasteiger partial charge < -0.3 is 9.77 Å². The van der Waals surface area contributed by atoms with Crippen molar-refractivity contribution in [3.05, 3.63) is 30.1 Å². The molecule has 0 radical (unpaired) electrons. The molecule has 11 heavy (non-hydrogen) atoms. The van der Waals surface area contributed by atoms with Gasteiger partial charge in [0.05, 0.1) is 6.21 Å². The first-order chi connectivity index (χ1) is 5.34. The summed E-state index contributed by atoms with van der Waals surface area (Å²) < 4.78 is 1.97. The first-order valence-electron chi connectivity index (χ1n) is 3.30. The van der Waals surface area contributed by atoms with Crippen LogP contribution in [0.25, 0.3) is 6.08 Å². The van der Waals surface area contributed by atoms with Crippen molar-refractivity contribution < 1.29 is 5.21 Å². The topological polar surface area (TPSA) is 37.5 Å². The fourth-order valence-electron chi connectivity index (χ4n) is 0.828. The molecule has 0 fully saturated rings. The van der Waals surface area contributed by atoms with Crippen LogP contribution in [0.3, 0.4) is 0 Å². The fourth-order valence-corrected chi connectivity index (χ4v) is 0.828. The van der Waals surface area contributed by atoms with Crippen LogP contribution in [0.1, 0.15) is 5.69 Å². The molecule has 0 aliphatic rings. The van der Waals surface area contributed by atoms with Gasteiger partial charge in [-0.05, 0) is 24.3 Å². The third-order valence-corrected chi connectivity index (χ3v) is 1.40. The molecule has 1 rings (SSSR count). The van der Waals surface area contributed by atoms with Gasteiger partial charge >= 0.3 is 0 Å². The minimum Gasteiger partial charge on any atom is -0.411 e. The molecule has 0 bridgehead atoms. The van der Waals surface area contributed by atoms with Gasteiger partial charge in [0.2, 0.25) is 0 Å². The van der Waals surface area contributed by atoms with Crippen molar-refractivity contribution in [1.29, 1.82) is 0 Å². The van der Waals surface area contributed by atoms with E-state index in [-0.39, 0.29) is 0 Å². The maximum atomic E-state index is 8.08. The second-order valence-corrected chi connectivity index (χ2v) is 2.17. The van der Waals surface area contributed by atoms with E-state index in [9.17, 15) is 0 Å². The first kappa shape index (κ1) is 7.60. The Labute approximate surface area is 65.3 Å². The molecule has 0 atom stereocenters. The molecule has 3 heteroatoms. The van der Waals surface area contributed by atoms with Crippen LogP contribution >= 0.6 is 0 Å². The van der Waals surface area contributed by atoms with Crippen LogP contribution in [0, 0.1) is 0 Å². The fraction of sp³-hybridized carbons (Fsp3) is 0.125. The second kappa shape index (κ2) is 3.61.